The van der Waals surface area contributed by atoms with Gasteiger partial charge < -0.3 is 20.1 Å². The zero-order valence-corrected chi connectivity index (χ0v) is 15.2. The highest BCUT2D eigenvalue weighted by Crippen LogP contribution is 2.38. The molecule has 2 N–H and O–H groups in total. The van der Waals surface area contributed by atoms with Crippen LogP contribution in [0.1, 0.15) is 6.42 Å². The Morgan fingerprint density at radius 1 is 1.28 bits per heavy atom. The zero-order valence-electron chi connectivity index (χ0n) is 13.6. The second kappa shape index (κ2) is 8.61. The lowest BCUT2D eigenvalue weighted by Gasteiger charge is -2.20. The number of carbonyl (C=O) groups is 1. The number of nitrogens with zero attached hydrogens (tertiary/aromatic N) is 1. The molecule has 0 fully saturated rings. The molecule has 0 aromatic heterocycles. The van der Waals surface area contributed by atoms with Gasteiger partial charge in [0, 0.05) is 23.2 Å². The maximum absolute atomic E-state index is 12.2. The Bertz CT molecular complexity index is 614. The molecule has 0 saturated carbocycles. The Kier molecular flexibility index (Phi) is 6.77. The number of alkyl halides is 3. The molecule has 10 heteroatoms. The van der Waals surface area contributed by atoms with Crippen molar-refractivity contribution in [1.82, 2.24) is 10.2 Å². The van der Waals surface area contributed by atoms with Crippen molar-refractivity contribution in [1.29, 1.82) is 0 Å². The van der Waals surface area contributed by atoms with Gasteiger partial charge in [0.05, 0.1) is 12.2 Å². The summed E-state index contributed by atoms with van der Waals surface area (Å²) in [5.74, 6) is 1.13. The number of benzene rings is 1. The topological polar surface area (TPSA) is 62.8 Å². The highest BCUT2D eigenvalue weighted by Gasteiger charge is 2.28. The molecular weight excluding hydrogens is 407 g/mol. The summed E-state index contributed by atoms with van der Waals surface area (Å²) >= 11 is 3.34. The molecule has 1 aromatic rings. The summed E-state index contributed by atoms with van der Waals surface area (Å²) in [6.07, 6.45) is -3.81. The third-order valence-corrected chi connectivity index (χ3v) is 3.99. The van der Waals surface area contributed by atoms with E-state index < -0.39 is 18.8 Å². The first-order valence-corrected chi connectivity index (χ1v) is 8.43. The molecule has 0 atom stereocenters. The van der Waals surface area contributed by atoms with Crippen molar-refractivity contribution in [3.63, 3.8) is 0 Å². The lowest BCUT2D eigenvalue weighted by molar-refractivity contribution is -0.143. The Labute approximate surface area is 151 Å². The highest BCUT2D eigenvalue weighted by molar-refractivity contribution is 9.10. The lowest BCUT2D eigenvalue weighted by atomic mass is 10.2. The number of ether oxygens (including phenoxy) is 2. The molecule has 6 nitrogen and oxygen atoms in total. The molecule has 25 heavy (non-hydrogen) atoms. The maximum atomic E-state index is 12.2. The molecule has 0 spiro atoms. The average molecular weight is 426 g/mol. The largest absolute Gasteiger partial charge is 0.486 e. The molecule has 0 saturated heterocycles. The van der Waals surface area contributed by atoms with Crippen LogP contribution in [-0.2, 0) is 0 Å². The van der Waals surface area contributed by atoms with Crippen LogP contribution in [0.5, 0.6) is 11.5 Å². The standard InChI is InChI=1S/C15H19BrF3N3O3/c1-22(9-15(17,18)19)4-2-3-20-14(23)21-11-8-13-12(7-10(11)16)24-5-6-25-13/h7-8H,2-6,9H2,1H3,(H2,20,21,23). The van der Waals surface area contributed by atoms with E-state index in [1.807, 2.05) is 0 Å². The fourth-order valence-corrected chi connectivity index (χ4v) is 2.68. The summed E-state index contributed by atoms with van der Waals surface area (Å²) < 4.78 is 48.1. The van der Waals surface area contributed by atoms with Gasteiger partial charge >= 0.3 is 12.2 Å². The summed E-state index contributed by atoms with van der Waals surface area (Å²) in [6, 6.07) is 2.90. The Morgan fingerprint density at radius 3 is 2.56 bits per heavy atom. The van der Waals surface area contributed by atoms with Crippen LogP contribution in [0.25, 0.3) is 0 Å². The summed E-state index contributed by atoms with van der Waals surface area (Å²) in [4.78, 5) is 13.1. The SMILES string of the molecule is CN(CCCNC(=O)Nc1cc2c(cc1Br)OCCO2)CC(F)(F)F. The van der Waals surface area contributed by atoms with Gasteiger partial charge in [-0.25, -0.2) is 4.79 Å². The number of carbonyl (C=O) groups excluding carboxylic acids is 1. The van der Waals surface area contributed by atoms with Gasteiger partial charge in [0.15, 0.2) is 11.5 Å². The van der Waals surface area contributed by atoms with Crippen molar-refractivity contribution in [3.05, 3.63) is 16.6 Å². The normalized spacial score (nSPS) is 13.7. The fourth-order valence-electron chi connectivity index (χ4n) is 2.26. The van der Waals surface area contributed by atoms with Gasteiger partial charge in [0.2, 0.25) is 0 Å². The van der Waals surface area contributed by atoms with Gasteiger partial charge in [-0.15, -0.1) is 0 Å². The van der Waals surface area contributed by atoms with E-state index in [2.05, 4.69) is 26.6 Å². The van der Waals surface area contributed by atoms with Crippen LogP contribution in [0.15, 0.2) is 16.6 Å². The number of rotatable bonds is 6. The second-order valence-electron chi connectivity index (χ2n) is 5.56. The molecule has 140 valence electrons. The van der Waals surface area contributed by atoms with E-state index in [4.69, 9.17) is 9.47 Å². The van der Waals surface area contributed by atoms with Gasteiger partial charge in [-0.2, -0.15) is 13.2 Å². The Hall–Kier alpha value is -1.68. The Morgan fingerprint density at radius 2 is 1.92 bits per heavy atom. The number of amides is 2. The molecule has 0 unspecified atom stereocenters. The third kappa shape index (κ3) is 6.62. The quantitative estimate of drug-likeness (QED) is 0.686. The van der Waals surface area contributed by atoms with E-state index in [9.17, 15) is 18.0 Å². The second-order valence-corrected chi connectivity index (χ2v) is 6.42. The summed E-state index contributed by atoms with van der Waals surface area (Å²) in [5, 5.41) is 5.27. The summed E-state index contributed by atoms with van der Waals surface area (Å²) in [6.45, 7) is 0.425. The van der Waals surface area contributed by atoms with Gasteiger partial charge in [-0.05, 0) is 35.9 Å². The van der Waals surface area contributed by atoms with E-state index in [0.717, 1.165) is 4.90 Å². The van der Waals surface area contributed by atoms with Gasteiger partial charge in [-0.3, -0.25) is 4.90 Å². The average Bonchev–Trinajstić information content (AvgIpc) is 2.50. The molecule has 2 rings (SSSR count). The third-order valence-electron chi connectivity index (χ3n) is 3.33. The van der Waals surface area contributed by atoms with Crippen molar-refractivity contribution in [2.75, 3.05) is 45.2 Å². The summed E-state index contributed by atoms with van der Waals surface area (Å²) in [7, 11) is 1.39. The molecule has 0 bridgehead atoms. The molecule has 1 aliphatic heterocycles. The van der Waals surface area contributed by atoms with Crippen molar-refractivity contribution in [2.24, 2.45) is 0 Å². The van der Waals surface area contributed by atoms with Gasteiger partial charge in [-0.1, -0.05) is 0 Å². The molecule has 1 aromatic carbocycles. The maximum Gasteiger partial charge on any atom is 0.401 e. The van der Waals surface area contributed by atoms with Crippen LogP contribution in [-0.4, -0.2) is 57.0 Å². The van der Waals surface area contributed by atoms with Crippen molar-refractivity contribution >= 4 is 27.6 Å². The predicted molar refractivity (Wildman–Crippen MR) is 90.3 cm³/mol. The summed E-state index contributed by atoms with van der Waals surface area (Å²) in [5.41, 5.74) is 0.510. The smallest absolute Gasteiger partial charge is 0.401 e. The number of hydrogen-bond acceptors (Lipinski definition) is 4. The minimum Gasteiger partial charge on any atom is -0.486 e. The number of urea groups is 1. The molecule has 2 amide bonds. The lowest BCUT2D eigenvalue weighted by Crippen LogP contribution is -2.35. The first-order chi connectivity index (χ1) is 11.7. The van der Waals surface area contributed by atoms with E-state index in [0.29, 0.717) is 41.3 Å². The molecule has 1 aliphatic rings. The van der Waals surface area contributed by atoms with Gasteiger partial charge in [0.25, 0.3) is 0 Å². The number of nitrogens with one attached hydrogen (secondary N) is 2. The fraction of sp³-hybridized carbons (Fsp3) is 0.533. The molecule has 1 heterocycles. The minimum absolute atomic E-state index is 0.230. The predicted octanol–water partition coefficient (Wildman–Crippen LogP) is 3.23. The minimum atomic E-state index is -4.22. The number of fused-ring (bicyclic) bond motifs is 1. The number of halogens is 4. The van der Waals surface area contributed by atoms with E-state index in [1.54, 1.807) is 12.1 Å². The molecule has 0 radical (unpaired) electrons. The Balaban J connectivity index is 1.75. The monoisotopic (exact) mass is 425 g/mol. The van der Waals surface area contributed by atoms with Crippen LogP contribution in [0, 0.1) is 0 Å². The number of anilines is 1. The van der Waals surface area contributed by atoms with Crippen molar-refractivity contribution in [3.8, 4) is 11.5 Å². The van der Waals surface area contributed by atoms with Crippen LogP contribution in [0.2, 0.25) is 0 Å². The van der Waals surface area contributed by atoms with Crippen molar-refractivity contribution in [2.45, 2.75) is 12.6 Å². The van der Waals surface area contributed by atoms with Crippen LogP contribution < -0.4 is 20.1 Å². The van der Waals surface area contributed by atoms with Crippen LogP contribution in [0.4, 0.5) is 23.7 Å². The van der Waals surface area contributed by atoms with E-state index >= 15 is 0 Å². The van der Waals surface area contributed by atoms with Crippen LogP contribution in [0.3, 0.4) is 0 Å². The molecule has 0 aliphatic carbocycles. The van der Waals surface area contributed by atoms with Crippen molar-refractivity contribution < 1.29 is 27.4 Å². The first-order valence-electron chi connectivity index (χ1n) is 7.64. The number of hydrogen-bond donors (Lipinski definition) is 2. The van der Waals surface area contributed by atoms with E-state index in [-0.39, 0.29) is 13.1 Å². The molecular formula is C15H19BrF3N3O3. The van der Waals surface area contributed by atoms with E-state index in [1.165, 1.54) is 7.05 Å². The van der Waals surface area contributed by atoms with Crippen LogP contribution >= 0.6 is 15.9 Å². The van der Waals surface area contributed by atoms with Gasteiger partial charge in [0.1, 0.15) is 13.2 Å². The highest BCUT2D eigenvalue weighted by atomic mass is 79.9. The zero-order chi connectivity index (χ0) is 18.4. The first kappa shape index (κ1) is 19.6.